The highest BCUT2D eigenvalue weighted by Crippen LogP contribution is 2.09. The molecule has 21 heavy (non-hydrogen) atoms. The van der Waals surface area contributed by atoms with Crippen molar-refractivity contribution < 1.29 is 17.9 Å². The number of ether oxygens (including phenoxy) is 1. The highest BCUT2D eigenvalue weighted by atomic mass is 32.2. The molecular weight excluding hydrogens is 292 g/mol. The zero-order valence-corrected chi connectivity index (χ0v) is 12.9. The van der Waals surface area contributed by atoms with E-state index in [0.717, 1.165) is 5.56 Å². The lowest BCUT2D eigenvalue weighted by atomic mass is 10.2. The molecule has 0 unspecified atom stereocenters. The molecule has 6 nitrogen and oxygen atoms in total. The van der Waals surface area contributed by atoms with E-state index in [4.69, 9.17) is 4.74 Å². The highest BCUT2D eigenvalue weighted by Gasteiger charge is 2.18. The van der Waals surface area contributed by atoms with Gasteiger partial charge in [-0.1, -0.05) is 17.7 Å². The first-order valence-corrected chi connectivity index (χ1v) is 8.39. The summed E-state index contributed by atoms with van der Waals surface area (Å²) in [5, 5.41) is 0. The van der Waals surface area contributed by atoms with Crippen LogP contribution in [-0.4, -0.2) is 52.1 Å². The van der Waals surface area contributed by atoms with E-state index < -0.39 is 10.0 Å². The smallest absolute Gasteiger partial charge is 0.240 e. The van der Waals surface area contributed by atoms with Crippen LogP contribution in [0.1, 0.15) is 12.0 Å². The zero-order chi connectivity index (χ0) is 15.3. The molecule has 1 amide bonds. The fraction of sp³-hybridized carbons (Fsp3) is 0.500. The van der Waals surface area contributed by atoms with Crippen molar-refractivity contribution in [2.75, 3.05) is 32.8 Å². The molecule has 1 fully saturated rings. The maximum absolute atomic E-state index is 12.0. The van der Waals surface area contributed by atoms with Crippen molar-refractivity contribution in [3.8, 4) is 0 Å². The number of rotatable bonds is 5. The summed E-state index contributed by atoms with van der Waals surface area (Å²) >= 11 is 0. The minimum atomic E-state index is -3.55. The zero-order valence-electron chi connectivity index (χ0n) is 12.0. The molecular formula is C14H20N2O4S. The summed E-state index contributed by atoms with van der Waals surface area (Å²) in [5.41, 5.74) is 0.997. The summed E-state index contributed by atoms with van der Waals surface area (Å²) in [5.74, 6) is -0.0510. The van der Waals surface area contributed by atoms with Gasteiger partial charge in [0, 0.05) is 26.1 Å². The maximum Gasteiger partial charge on any atom is 0.240 e. The van der Waals surface area contributed by atoms with E-state index in [0.29, 0.717) is 26.3 Å². The van der Waals surface area contributed by atoms with Crippen molar-refractivity contribution in [1.82, 2.24) is 9.62 Å². The van der Waals surface area contributed by atoms with Gasteiger partial charge in [-0.2, -0.15) is 0 Å². The summed E-state index contributed by atoms with van der Waals surface area (Å²) in [7, 11) is -3.55. The van der Waals surface area contributed by atoms with E-state index in [-0.39, 0.29) is 23.8 Å². The Morgan fingerprint density at radius 1 is 1.24 bits per heavy atom. The van der Waals surface area contributed by atoms with Gasteiger partial charge in [0.15, 0.2) is 0 Å². The number of carbonyl (C=O) groups is 1. The van der Waals surface area contributed by atoms with E-state index in [9.17, 15) is 13.2 Å². The van der Waals surface area contributed by atoms with Gasteiger partial charge in [0.2, 0.25) is 15.9 Å². The van der Waals surface area contributed by atoms with Crippen LogP contribution in [0.5, 0.6) is 0 Å². The summed E-state index contributed by atoms with van der Waals surface area (Å²) in [6.45, 7) is 4.23. The van der Waals surface area contributed by atoms with Crippen molar-refractivity contribution in [2.45, 2.75) is 18.2 Å². The van der Waals surface area contributed by atoms with Gasteiger partial charge in [-0.05, 0) is 19.1 Å². The third-order valence-corrected chi connectivity index (χ3v) is 4.80. The lowest BCUT2D eigenvalue weighted by Crippen LogP contribution is -2.42. The molecule has 1 saturated heterocycles. The minimum Gasteiger partial charge on any atom is -0.378 e. The van der Waals surface area contributed by atoms with E-state index in [1.165, 1.54) is 0 Å². The van der Waals surface area contributed by atoms with Crippen molar-refractivity contribution in [2.24, 2.45) is 0 Å². The molecule has 0 spiro atoms. The Morgan fingerprint density at radius 2 is 1.86 bits per heavy atom. The summed E-state index contributed by atoms with van der Waals surface area (Å²) in [6, 6.07) is 6.60. The second-order valence-corrected chi connectivity index (χ2v) is 6.72. The summed E-state index contributed by atoms with van der Waals surface area (Å²) < 4.78 is 31.7. The Hall–Kier alpha value is -1.44. The fourth-order valence-electron chi connectivity index (χ4n) is 2.06. The van der Waals surface area contributed by atoms with Crippen LogP contribution in [0.2, 0.25) is 0 Å². The molecule has 1 aliphatic rings. The summed E-state index contributed by atoms with van der Waals surface area (Å²) in [4.78, 5) is 13.8. The molecule has 0 bridgehead atoms. The van der Waals surface area contributed by atoms with Crippen molar-refractivity contribution >= 4 is 15.9 Å². The molecule has 0 radical (unpaired) electrons. The monoisotopic (exact) mass is 312 g/mol. The largest absolute Gasteiger partial charge is 0.378 e. The van der Waals surface area contributed by atoms with Crippen LogP contribution < -0.4 is 4.72 Å². The van der Waals surface area contributed by atoms with Gasteiger partial charge in [0.25, 0.3) is 0 Å². The third-order valence-electron chi connectivity index (χ3n) is 3.33. The molecule has 7 heteroatoms. The molecule has 0 aliphatic carbocycles. The first kappa shape index (κ1) is 15.9. The number of hydrogen-bond acceptors (Lipinski definition) is 4. The number of morpholine rings is 1. The lowest BCUT2D eigenvalue weighted by molar-refractivity contribution is -0.135. The number of nitrogens with zero attached hydrogens (tertiary/aromatic N) is 1. The Kier molecular flexibility index (Phi) is 5.33. The summed E-state index contributed by atoms with van der Waals surface area (Å²) in [6.07, 6.45) is 0.158. The highest BCUT2D eigenvalue weighted by molar-refractivity contribution is 7.89. The Morgan fingerprint density at radius 3 is 2.48 bits per heavy atom. The molecule has 0 atom stereocenters. The van der Waals surface area contributed by atoms with Crippen LogP contribution in [-0.2, 0) is 19.6 Å². The SMILES string of the molecule is Cc1ccc(S(=O)(=O)NCCC(=O)N2CCOCC2)cc1. The van der Waals surface area contributed by atoms with Gasteiger partial charge in [-0.15, -0.1) is 0 Å². The Labute approximate surface area is 125 Å². The average Bonchev–Trinajstić information content (AvgIpc) is 2.48. The second kappa shape index (κ2) is 7.02. The quantitative estimate of drug-likeness (QED) is 0.860. The van der Waals surface area contributed by atoms with Gasteiger partial charge in [0.05, 0.1) is 18.1 Å². The van der Waals surface area contributed by atoms with Crippen molar-refractivity contribution in [3.05, 3.63) is 29.8 Å². The molecule has 1 aliphatic heterocycles. The van der Waals surface area contributed by atoms with Gasteiger partial charge < -0.3 is 9.64 Å². The predicted octanol–water partition coefficient (Wildman–Crippen LogP) is 0.522. The van der Waals surface area contributed by atoms with E-state index in [1.807, 2.05) is 6.92 Å². The van der Waals surface area contributed by atoms with Gasteiger partial charge in [-0.3, -0.25) is 4.79 Å². The van der Waals surface area contributed by atoms with Gasteiger partial charge >= 0.3 is 0 Å². The topological polar surface area (TPSA) is 75.7 Å². The molecule has 0 aromatic heterocycles. The molecule has 1 heterocycles. The van der Waals surface area contributed by atoms with E-state index in [1.54, 1.807) is 29.2 Å². The Balaban J connectivity index is 1.84. The third kappa shape index (κ3) is 4.52. The minimum absolute atomic E-state index is 0.0510. The molecule has 0 saturated carbocycles. The first-order valence-electron chi connectivity index (χ1n) is 6.91. The van der Waals surface area contributed by atoms with Crippen LogP contribution >= 0.6 is 0 Å². The van der Waals surface area contributed by atoms with Crippen LogP contribution in [0.4, 0.5) is 0 Å². The number of benzene rings is 1. The number of amides is 1. The van der Waals surface area contributed by atoms with Gasteiger partial charge in [-0.25, -0.2) is 13.1 Å². The first-order chi connectivity index (χ1) is 9.99. The molecule has 1 aromatic carbocycles. The number of aryl methyl sites for hydroxylation is 1. The number of carbonyl (C=O) groups excluding carboxylic acids is 1. The van der Waals surface area contributed by atoms with Crippen LogP contribution in [0, 0.1) is 6.92 Å². The molecule has 1 N–H and O–H groups in total. The number of nitrogens with one attached hydrogen (secondary N) is 1. The predicted molar refractivity (Wildman–Crippen MR) is 78.4 cm³/mol. The fourth-order valence-corrected chi connectivity index (χ4v) is 3.10. The van der Waals surface area contributed by atoms with Crippen LogP contribution in [0.15, 0.2) is 29.2 Å². The van der Waals surface area contributed by atoms with Crippen molar-refractivity contribution in [3.63, 3.8) is 0 Å². The number of sulfonamides is 1. The maximum atomic E-state index is 12.0. The number of hydrogen-bond donors (Lipinski definition) is 1. The standard InChI is InChI=1S/C14H20N2O4S/c1-12-2-4-13(5-3-12)21(18,19)15-7-6-14(17)16-8-10-20-11-9-16/h2-5,15H,6-11H2,1H3. The second-order valence-electron chi connectivity index (χ2n) is 4.95. The van der Waals surface area contributed by atoms with E-state index >= 15 is 0 Å². The van der Waals surface area contributed by atoms with Crippen molar-refractivity contribution in [1.29, 1.82) is 0 Å². The Bertz CT molecular complexity index is 577. The molecule has 2 rings (SSSR count). The average molecular weight is 312 g/mol. The lowest BCUT2D eigenvalue weighted by Gasteiger charge is -2.26. The van der Waals surface area contributed by atoms with E-state index in [2.05, 4.69) is 4.72 Å². The normalized spacial score (nSPS) is 16.0. The van der Waals surface area contributed by atoms with Crippen LogP contribution in [0.3, 0.4) is 0 Å². The van der Waals surface area contributed by atoms with Crippen LogP contribution in [0.25, 0.3) is 0 Å². The molecule has 116 valence electrons. The van der Waals surface area contributed by atoms with Gasteiger partial charge in [0.1, 0.15) is 0 Å². The molecule has 1 aromatic rings.